The first-order chi connectivity index (χ1) is 20.8. The monoisotopic (exact) mass is 625 g/mol. The maximum Gasteiger partial charge on any atom is 0.132 e. The van der Waals surface area contributed by atoms with Gasteiger partial charge in [0.1, 0.15) is 24.7 Å². The lowest BCUT2D eigenvalue weighted by Gasteiger charge is -2.37. The van der Waals surface area contributed by atoms with E-state index in [1.54, 1.807) is 0 Å². The van der Waals surface area contributed by atoms with Crippen LogP contribution >= 0.6 is 8.07 Å². The maximum absolute atomic E-state index is 6.96. The highest BCUT2D eigenvalue weighted by Crippen LogP contribution is 2.48. The Bertz CT molecular complexity index is 1130. The molecule has 2 heterocycles. The number of rotatable bonds is 11. The van der Waals surface area contributed by atoms with Gasteiger partial charge >= 0.3 is 0 Å². The third-order valence-electron chi connectivity index (χ3n) is 8.89. The Morgan fingerprint density at radius 3 is 1.41 bits per heavy atom. The zero-order chi connectivity index (χ0) is 32.1. The predicted octanol–water partition coefficient (Wildman–Crippen LogP) is 8.48. The van der Waals surface area contributed by atoms with Gasteiger partial charge in [-0.05, 0) is 99.6 Å². The average Bonchev–Trinajstić information content (AvgIpc) is 2.98. The first-order valence-electron chi connectivity index (χ1n) is 17.2. The summed E-state index contributed by atoms with van der Waals surface area (Å²) in [6.07, 6.45) is 7.11. The van der Waals surface area contributed by atoms with Crippen LogP contribution < -0.4 is 20.1 Å². The summed E-state index contributed by atoms with van der Waals surface area (Å²) in [4.78, 5) is 0. The van der Waals surface area contributed by atoms with Gasteiger partial charge in [0.2, 0.25) is 0 Å². The minimum atomic E-state index is -0.971. The number of hydrogen-bond donors (Lipinski definition) is 0. The number of hydrogen-bond acceptors (Lipinski definition) is 5. The van der Waals surface area contributed by atoms with Crippen molar-refractivity contribution in [2.24, 2.45) is 0 Å². The van der Waals surface area contributed by atoms with E-state index in [9.17, 15) is 0 Å². The van der Waals surface area contributed by atoms with E-state index in [-0.39, 0.29) is 23.0 Å². The minimum absolute atomic E-state index is 0.0748. The normalized spacial score (nSPS) is 20.5. The molecule has 2 unspecified atom stereocenters. The molecule has 4 rings (SSSR count). The van der Waals surface area contributed by atoms with Crippen LogP contribution in [0, 0.1) is 13.8 Å². The van der Waals surface area contributed by atoms with E-state index in [0.29, 0.717) is 13.2 Å². The fraction of sp³-hybridized carbons (Fsp3) is 0.684. The van der Waals surface area contributed by atoms with Gasteiger partial charge in [-0.3, -0.25) is 4.67 Å². The van der Waals surface area contributed by atoms with E-state index in [2.05, 4.69) is 98.2 Å². The molecule has 0 saturated carbocycles. The highest BCUT2D eigenvalue weighted by atomic mass is 31.1. The Labute approximate surface area is 270 Å². The number of nitrogens with zero attached hydrogens (tertiary/aromatic N) is 1. The Hall–Kier alpha value is -1.65. The molecule has 2 aromatic carbocycles. The predicted molar refractivity (Wildman–Crippen MR) is 187 cm³/mol. The maximum atomic E-state index is 6.96. The molecule has 0 spiro atoms. The van der Waals surface area contributed by atoms with Crippen molar-refractivity contribution < 1.29 is 18.9 Å². The van der Waals surface area contributed by atoms with Crippen LogP contribution in [0.2, 0.25) is 0 Å². The van der Waals surface area contributed by atoms with Crippen molar-refractivity contribution in [3.63, 3.8) is 0 Å². The fourth-order valence-electron chi connectivity index (χ4n) is 6.41. The molecule has 2 saturated heterocycles. The molecule has 246 valence electrons. The molecule has 0 N–H and O–H groups in total. The first-order valence-corrected chi connectivity index (χ1v) is 18.5. The molecule has 2 fully saturated rings. The van der Waals surface area contributed by atoms with Crippen LogP contribution in [0.15, 0.2) is 24.3 Å². The van der Waals surface area contributed by atoms with Crippen LogP contribution in [0.25, 0.3) is 0 Å². The second kappa shape index (κ2) is 15.3. The quantitative estimate of drug-likeness (QED) is 0.234. The summed E-state index contributed by atoms with van der Waals surface area (Å²) in [5.74, 6) is 2.08. The fourth-order valence-corrected chi connectivity index (χ4v) is 9.25. The summed E-state index contributed by atoms with van der Waals surface area (Å²) in [6.45, 7) is 27.6. The number of ether oxygens (including phenoxy) is 4. The largest absolute Gasteiger partial charge is 0.490 e. The Morgan fingerprint density at radius 2 is 1.09 bits per heavy atom. The lowest BCUT2D eigenvalue weighted by Crippen LogP contribution is -2.35. The van der Waals surface area contributed by atoms with Gasteiger partial charge in [0.25, 0.3) is 0 Å². The molecule has 2 atom stereocenters. The SMILES string of the molecule is CCN(CC)P(c1cc(C)cc(C(C)(C)C)c1OCC1CCCCO1)c1cc(C)cc(C(C)(C)C)c1OCC1CCCCO1. The van der Waals surface area contributed by atoms with E-state index >= 15 is 0 Å². The van der Waals surface area contributed by atoms with Crippen LogP contribution in [0.4, 0.5) is 0 Å². The Kier molecular flexibility index (Phi) is 12.2. The van der Waals surface area contributed by atoms with Crippen molar-refractivity contribution in [2.45, 2.75) is 131 Å². The van der Waals surface area contributed by atoms with Crippen molar-refractivity contribution in [1.29, 1.82) is 0 Å². The molecule has 5 nitrogen and oxygen atoms in total. The van der Waals surface area contributed by atoms with E-state index in [4.69, 9.17) is 18.9 Å². The highest BCUT2D eigenvalue weighted by molar-refractivity contribution is 7.71. The highest BCUT2D eigenvalue weighted by Gasteiger charge is 2.34. The zero-order valence-electron chi connectivity index (χ0n) is 29.5. The second-order valence-corrected chi connectivity index (χ2v) is 17.0. The van der Waals surface area contributed by atoms with Crippen LogP contribution in [-0.4, -0.2) is 56.4 Å². The molecule has 2 aromatic rings. The third kappa shape index (κ3) is 8.78. The molecule has 2 aliphatic heterocycles. The lowest BCUT2D eigenvalue weighted by molar-refractivity contribution is -0.0111. The van der Waals surface area contributed by atoms with E-state index in [1.165, 1.54) is 45.7 Å². The summed E-state index contributed by atoms with van der Waals surface area (Å²) in [7, 11) is -0.971. The molecule has 0 amide bonds. The van der Waals surface area contributed by atoms with E-state index < -0.39 is 8.07 Å². The third-order valence-corrected chi connectivity index (χ3v) is 11.6. The van der Waals surface area contributed by atoms with Crippen molar-refractivity contribution in [3.8, 4) is 11.5 Å². The number of aryl methyl sites for hydroxylation is 2. The molecular weight excluding hydrogens is 565 g/mol. The van der Waals surface area contributed by atoms with Crippen molar-refractivity contribution >= 4 is 18.7 Å². The average molecular weight is 626 g/mol. The Morgan fingerprint density at radius 1 is 0.682 bits per heavy atom. The van der Waals surface area contributed by atoms with Gasteiger partial charge in [-0.2, -0.15) is 0 Å². The van der Waals surface area contributed by atoms with Crippen molar-refractivity contribution in [3.05, 3.63) is 46.5 Å². The first kappa shape index (κ1) is 35.2. The molecule has 44 heavy (non-hydrogen) atoms. The molecule has 0 radical (unpaired) electrons. The van der Waals surface area contributed by atoms with Crippen LogP contribution in [0.5, 0.6) is 11.5 Å². The van der Waals surface area contributed by atoms with Gasteiger partial charge in [0.15, 0.2) is 0 Å². The van der Waals surface area contributed by atoms with Crippen LogP contribution in [-0.2, 0) is 20.3 Å². The zero-order valence-corrected chi connectivity index (χ0v) is 30.4. The molecule has 0 aliphatic carbocycles. The van der Waals surface area contributed by atoms with Crippen molar-refractivity contribution in [1.82, 2.24) is 4.67 Å². The molecule has 0 aromatic heterocycles. The molecule has 2 aliphatic rings. The van der Waals surface area contributed by atoms with Gasteiger partial charge in [0, 0.05) is 43.0 Å². The van der Waals surface area contributed by atoms with Crippen LogP contribution in [0.1, 0.15) is 116 Å². The summed E-state index contributed by atoms with van der Waals surface area (Å²) in [5, 5.41) is 2.57. The smallest absolute Gasteiger partial charge is 0.132 e. The van der Waals surface area contributed by atoms with Gasteiger partial charge in [-0.1, -0.05) is 67.5 Å². The van der Waals surface area contributed by atoms with E-state index in [0.717, 1.165) is 63.5 Å². The van der Waals surface area contributed by atoms with Gasteiger partial charge in [-0.15, -0.1) is 0 Å². The Balaban J connectivity index is 1.93. The summed E-state index contributed by atoms with van der Waals surface area (Å²) in [5.41, 5.74) is 4.93. The summed E-state index contributed by atoms with van der Waals surface area (Å²) in [6, 6.07) is 9.46. The second-order valence-electron chi connectivity index (χ2n) is 14.9. The minimum Gasteiger partial charge on any atom is -0.490 e. The molecular formula is C38H60NO4P. The summed E-state index contributed by atoms with van der Waals surface area (Å²) >= 11 is 0. The molecule has 0 bridgehead atoms. The van der Waals surface area contributed by atoms with Gasteiger partial charge in [-0.25, -0.2) is 0 Å². The van der Waals surface area contributed by atoms with Gasteiger partial charge in [0.05, 0.1) is 12.2 Å². The number of benzene rings is 2. The van der Waals surface area contributed by atoms with Gasteiger partial charge < -0.3 is 18.9 Å². The van der Waals surface area contributed by atoms with Crippen LogP contribution in [0.3, 0.4) is 0 Å². The van der Waals surface area contributed by atoms with E-state index in [1.807, 2.05) is 0 Å². The summed E-state index contributed by atoms with van der Waals surface area (Å²) < 4.78 is 28.8. The standard InChI is InChI=1S/C38H60NO4P/c1-11-39(12-2)44(33-23-27(3)21-31(37(5,6)7)35(33)42-25-29-17-13-15-19-40-29)34-24-28(4)22-32(38(8,9)10)36(34)43-26-30-18-14-16-20-41-30/h21-24,29-30H,11-20,25-26H2,1-10H3. The topological polar surface area (TPSA) is 40.2 Å². The van der Waals surface area contributed by atoms with Crippen molar-refractivity contribution in [2.75, 3.05) is 39.5 Å². The lowest BCUT2D eigenvalue weighted by atomic mass is 9.85. The molecule has 6 heteroatoms.